The van der Waals surface area contributed by atoms with E-state index in [1.54, 1.807) is 0 Å². The summed E-state index contributed by atoms with van der Waals surface area (Å²) in [5.74, 6) is -1.83. The number of sulfonamides is 1. The number of amides is 1. The molecule has 0 heterocycles. The highest BCUT2D eigenvalue weighted by Gasteiger charge is 2.25. The lowest BCUT2D eigenvalue weighted by molar-refractivity contribution is 0.0889. The van der Waals surface area contributed by atoms with E-state index in [0.717, 1.165) is 13.1 Å². The minimum absolute atomic E-state index is 0.0793. The molecule has 0 unspecified atom stereocenters. The molecule has 0 fully saturated rings. The highest BCUT2D eigenvalue weighted by atomic mass is 35.5. The number of hydrogen-bond acceptors (Lipinski definition) is 3. The van der Waals surface area contributed by atoms with Gasteiger partial charge in [0.15, 0.2) is 0 Å². The minimum atomic E-state index is -4.01. The van der Waals surface area contributed by atoms with Gasteiger partial charge in [0.05, 0.1) is 15.5 Å². The highest BCUT2D eigenvalue weighted by molar-refractivity contribution is 7.89. The molecule has 0 aliphatic rings. The number of nitrogens with one attached hydrogen (secondary N) is 1. The van der Waals surface area contributed by atoms with Gasteiger partial charge >= 0.3 is 0 Å². The summed E-state index contributed by atoms with van der Waals surface area (Å²) < 4.78 is 38.9. The average Bonchev–Trinajstić information content (AvgIpc) is 2.47. The summed E-state index contributed by atoms with van der Waals surface area (Å²) in [5.41, 5.74) is 1.64. The predicted octanol–water partition coefficient (Wildman–Crippen LogP) is 3.10. The maximum absolute atomic E-state index is 13.7. The molecule has 2 rings (SSSR count). The van der Waals surface area contributed by atoms with Crippen molar-refractivity contribution in [3.8, 4) is 0 Å². The van der Waals surface area contributed by atoms with Gasteiger partial charge in [-0.3, -0.25) is 10.2 Å². The Labute approximate surface area is 142 Å². The Morgan fingerprint density at radius 1 is 1.13 bits per heavy atom. The van der Waals surface area contributed by atoms with Crippen LogP contribution >= 0.6 is 23.2 Å². The lowest BCUT2D eigenvalue weighted by Gasteiger charge is -2.18. The molecule has 0 bridgehead atoms. The number of benzene rings is 2. The molecule has 0 saturated carbocycles. The zero-order chi connectivity index (χ0) is 17.2. The Morgan fingerprint density at radius 3 is 2.30 bits per heavy atom. The van der Waals surface area contributed by atoms with Gasteiger partial charge in [0, 0.05) is 12.1 Å². The van der Waals surface area contributed by atoms with Gasteiger partial charge in [0.2, 0.25) is 0 Å². The van der Waals surface area contributed by atoms with Crippen molar-refractivity contribution in [3.05, 3.63) is 63.9 Å². The summed E-state index contributed by atoms with van der Waals surface area (Å²) in [6, 6.07) is 9.09. The molecule has 1 N–H and O–H groups in total. The second-order valence-corrected chi connectivity index (χ2v) is 7.28. The molecule has 5 nitrogen and oxygen atoms in total. The van der Waals surface area contributed by atoms with Crippen molar-refractivity contribution >= 4 is 39.1 Å². The number of rotatable bonds is 4. The number of nitrogens with zero attached hydrogens (tertiary/aromatic N) is 1. The Balaban J connectivity index is 2.26. The summed E-state index contributed by atoms with van der Waals surface area (Å²) in [6.07, 6.45) is 0. The number of hydrazine groups is 1. The maximum atomic E-state index is 13.7. The number of hydrogen-bond donors (Lipinski definition) is 1. The molecule has 9 heteroatoms. The first-order chi connectivity index (χ1) is 10.7. The molecule has 23 heavy (non-hydrogen) atoms. The second kappa shape index (κ2) is 6.84. The van der Waals surface area contributed by atoms with Crippen LogP contribution < -0.4 is 5.43 Å². The van der Waals surface area contributed by atoms with E-state index in [1.807, 2.05) is 0 Å². The van der Waals surface area contributed by atoms with Crippen molar-refractivity contribution in [1.82, 2.24) is 9.84 Å². The van der Waals surface area contributed by atoms with E-state index >= 15 is 0 Å². The first-order valence-corrected chi connectivity index (χ1v) is 8.42. The molecule has 2 aromatic carbocycles. The van der Waals surface area contributed by atoms with Crippen LogP contribution in [0.1, 0.15) is 10.4 Å². The van der Waals surface area contributed by atoms with Gasteiger partial charge < -0.3 is 0 Å². The first-order valence-electron chi connectivity index (χ1n) is 6.23. The molecular formula is C14H11Cl2FN2O3S. The molecule has 0 saturated heterocycles. The van der Waals surface area contributed by atoms with Gasteiger partial charge in [-0.1, -0.05) is 29.3 Å². The van der Waals surface area contributed by atoms with Crippen LogP contribution in [-0.2, 0) is 10.0 Å². The second-order valence-electron chi connectivity index (χ2n) is 4.46. The molecule has 0 aliphatic heterocycles. The van der Waals surface area contributed by atoms with Crippen LogP contribution in [0.2, 0.25) is 10.0 Å². The van der Waals surface area contributed by atoms with E-state index in [9.17, 15) is 17.6 Å². The van der Waals surface area contributed by atoms with E-state index < -0.39 is 27.3 Å². The Morgan fingerprint density at radius 2 is 1.74 bits per heavy atom. The molecule has 0 atom stereocenters. The Bertz CT molecular complexity index is 821. The van der Waals surface area contributed by atoms with Gasteiger partial charge in [-0.05, 0) is 36.4 Å². The normalized spacial score (nSPS) is 11.5. The quantitative estimate of drug-likeness (QED) is 0.833. The summed E-state index contributed by atoms with van der Waals surface area (Å²) in [7, 11) is -2.89. The zero-order valence-corrected chi connectivity index (χ0v) is 14.1. The van der Waals surface area contributed by atoms with Gasteiger partial charge in [-0.2, -0.15) is 0 Å². The maximum Gasteiger partial charge on any atom is 0.270 e. The van der Waals surface area contributed by atoms with Gasteiger partial charge in [0.25, 0.3) is 15.9 Å². The van der Waals surface area contributed by atoms with Crippen molar-refractivity contribution in [2.24, 2.45) is 0 Å². The van der Waals surface area contributed by atoms with Crippen LogP contribution in [0.25, 0.3) is 0 Å². The molecule has 0 aromatic heterocycles. The van der Waals surface area contributed by atoms with Gasteiger partial charge in [-0.15, -0.1) is 4.41 Å². The largest absolute Gasteiger partial charge is 0.271 e. The van der Waals surface area contributed by atoms with Gasteiger partial charge in [-0.25, -0.2) is 12.8 Å². The first kappa shape index (κ1) is 17.7. The lowest BCUT2D eigenvalue weighted by atomic mass is 10.2. The van der Waals surface area contributed by atoms with Crippen LogP contribution in [0.4, 0.5) is 4.39 Å². The van der Waals surface area contributed by atoms with Gasteiger partial charge in [0.1, 0.15) is 5.82 Å². The number of carbonyl (C=O) groups excluding carboxylic acids is 1. The van der Waals surface area contributed by atoms with Crippen LogP contribution in [-0.4, -0.2) is 25.8 Å². The lowest BCUT2D eigenvalue weighted by Crippen LogP contribution is -2.43. The summed E-state index contributed by atoms with van der Waals surface area (Å²) in [5, 5.41) is 0.244. The SMILES string of the molecule is CN(NC(=O)c1c(F)cccc1Cl)S(=O)(=O)c1ccc(Cl)cc1. The fourth-order valence-corrected chi connectivity index (χ4v) is 3.11. The smallest absolute Gasteiger partial charge is 0.270 e. The minimum Gasteiger partial charge on any atom is -0.271 e. The Hall–Kier alpha value is -1.67. The van der Waals surface area contributed by atoms with Crippen molar-refractivity contribution < 1.29 is 17.6 Å². The summed E-state index contributed by atoms with van der Waals surface area (Å²) >= 11 is 11.5. The topological polar surface area (TPSA) is 66.5 Å². The predicted molar refractivity (Wildman–Crippen MR) is 85.3 cm³/mol. The molecule has 1 amide bonds. The third-order valence-corrected chi connectivity index (χ3v) is 5.17. The molecule has 0 radical (unpaired) electrons. The van der Waals surface area contributed by atoms with Crippen molar-refractivity contribution in [2.75, 3.05) is 7.05 Å². The molecule has 0 spiro atoms. The third-order valence-electron chi connectivity index (χ3n) is 2.92. The fraction of sp³-hybridized carbons (Fsp3) is 0.0714. The monoisotopic (exact) mass is 376 g/mol. The van der Waals surface area contributed by atoms with Crippen LogP contribution in [0.3, 0.4) is 0 Å². The van der Waals surface area contributed by atoms with Crippen molar-refractivity contribution in [2.45, 2.75) is 4.90 Å². The summed E-state index contributed by atoms with van der Waals surface area (Å²) in [4.78, 5) is 12.0. The van der Waals surface area contributed by atoms with E-state index in [-0.39, 0.29) is 9.92 Å². The average molecular weight is 377 g/mol. The van der Waals surface area contributed by atoms with Crippen molar-refractivity contribution in [1.29, 1.82) is 0 Å². The summed E-state index contributed by atoms with van der Waals surface area (Å²) in [6.45, 7) is 0. The van der Waals surface area contributed by atoms with E-state index in [0.29, 0.717) is 9.44 Å². The highest BCUT2D eigenvalue weighted by Crippen LogP contribution is 2.20. The van der Waals surface area contributed by atoms with Crippen LogP contribution in [0, 0.1) is 5.82 Å². The van der Waals surface area contributed by atoms with Crippen molar-refractivity contribution in [3.63, 3.8) is 0 Å². The standard InChI is InChI=1S/C14H11Cl2FN2O3S/c1-19(23(21,22)10-7-5-9(15)6-8-10)18-14(20)13-11(16)3-2-4-12(13)17/h2-8H,1H3,(H,18,20). The van der Waals surface area contributed by atoms with E-state index in [4.69, 9.17) is 23.2 Å². The van der Waals surface area contributed by atoms with E-state index in [1.165, 1.54) is 36.4 Å². The molecule has 0 aliphatic carbocycles. The zero-order valence-electron chi connectivity index (χ0n) is 11.8. The Kier molecular flexibility index (Phi) is 5.26. The number of carbonyl (C=O) groups is 1. The number of halogens is 3. The molecular weight excluding hydrogens is 366 g/mol. The third kappa shape index (κ3) is 3.81. The van der Waals surface area contributed by atoms with E-state index in [2.05, 4.69) is 5.43 Å². The van der Waals surface area contributed by atoms with Crippen LogP contribution in [0.15, 0.2) is 47.4 Å². The van der Waals surface area contributed by atoms with Crippen LogP contribution in [0.5, 0.6) is 0 Å². The molecule has 2 aromatic rings. The fourth-order valence-electron chi connectivity index (χ4n) is 1.74. The molecule has 122 valence electrons.